The summed E-state index contributed by atoms with van der Waals surface area (Å²) in [4.78, 5) is 19.2. The molecule has 31 heavy (non-hydrogen) atoms. The van der Waals surface area contributed by atoms with E-state index in [1.54, 1.807) is 36.3 Å². The third-order valence-electron chi connectivity index (χ3n) is 6.00. The van der Waals surface area contributed by atoms with Crippen molar-refractivity contribution in [2.45, 2.75) is 37.5 Å². The van der Waals surface area contributed by atoms with Gasteiger partial charge in [-0.15, -0.1) is 0 Å². The first kappa shape index (κ1) is 21.0. The van der Waals surface area contributed by atoms with Gasteiger partial charge >= 0.3 is 0 Å². The molecule has 1 saturated heterocycles. The summed E-state index contributed by atoms with van der Waals surface area (Å²) in [6.07, 6.45) is 7.09. The Morgan fingerprint density at radius 1 is 1.42 bits per heavy atom. The van der Waals surface area contributed by atoms with Crippen LogP contribution in [0.3, 0.4) is 0 Å². The van der Waals surface area contributed by atoms with Crippen molar-refractivity contribution in [3.63, 3.8) is 0 Å². The molecular weight excluding hydrogens is 418 g/mol. The minimum Gasteiger partial charge on any atom is -0.366 e. The van der Waals surface area contributed by atoms with Crippen molar-refractivity contribution in [2.75, 3.05) is 13.1 Å². The monoisotopic (exact) mass is 441 g/mol. The van der Waals surface area contributed by atoms with Crippen molar-refractivity contribution >= 4 is 27.0 Å². The van der Waals surface area contributed by atoms with Crippen LogP contribution < -0.4 is 5.73 Å². The number of sulfonamides is 1. The number of H-pyrrole nitrogens is 1. The number of nitrogens with two attached hydrogens (primary N) is 1. The van der Waals surface area contributed by atoms with Crippen LogP contribution in [0, 0.1) is 11.3 Å². The number of aromatic nitrogens is 4. The molecule has 0 spiro atoms. The number of nitrogens with zero attached hydrogens (tertiary/aromatic N) is 5. The maximum atomic E-state index is 12.7. The number of primary amides is 1. The zero-order valence-corrected chi connectivity index (χ0v) is 18.1. The fourth-order valence-corrected chi connectivity index (χ4v) is 5.73. The highest BCUT2D eigenvalue weighted by Gasteiger charge is 2.51. The highest BCUT2D eigenvalue weighted by Crippen LogP contribution is 2.38. The van der Waals surface area contributed by atoms with Gasteiger partial charge in [-0.3, -0.25) is 9.48 Å². The summed E-state index contributed by atoms with van der Waals surface area (Å²) in [5, 5.41) is 14.1. The second-order valence-electron chi connectivity index (χ2n) is 7.92. The average Bonchev–Trinajstić information content (AvgIpc) is 3.38. The average molecular weight is 442 g/mol. The summed E-state index contributed by atoms with van der Waals surface area (Å²) < 4.78 is 28.4. The first-order chi connectivity index (χ1) is 14.7. The second kappa shape index (κ2) is 7.47. The summed E-state index contributed by atoms with van der Waals surface area (Å²) in [5.74, 6) is -0.612. The third kappa shape index (κ3) is 3.28. The Bertz CT molecular complexity index is 1300. The molecule has 11 heteroatoms. The van der Waals surface area contributed by atoms with E-state index in [1.165, 1.54) is 10.5 Å². The smallest absolute Gasteiger partial charge is 0.250 e. The number of pyridine rings is 1. The molecule has 1 aliphatic heterocycles. The van der Waals surface area contributed by atoms with Crippen LogP contribution in [0.15, 0.2) is 30.9 Å². The molecule has 3 N–H and O–H groups in total. The van der Waals surface area contributed by atoms with Gasteiger partial charge in [0.15, 0.2) is 0 Å². The number of aromatic amines is 1. The van der Waals surface area contributed by atoms with Crippen molar-refractivity contribution in [1.29, 1.82) is 5.26 Å². The minimum absolute atomic E-state index is 0.110. The molecule has 0 saturated carbocycles. The molecule has 4 heterocycles. The molecule has 1 amide bonds. The summed E-state index contributed by atoms with van der Waals surface area (Å²) in [6, 6.07) is 3.96. The molecule has 0 aliphatic carbocycles. The van der Waals surface area contributed by atoms with E-state index >= 15 is 0 Å². The second-order valence-corrected chi connectivity index (χ2v) is 10.3. The minimum atomic E-state index is -3.43. The molecule has 0 aromatic carbocycles. The normalized spacial score (nSPS) is 17.2. The fourth-order valence-electron chi connectivity index (χ4n) is 3.96. The van der Waals surface area contributed by atoms with Gasteiger partial charge in [0.25, 0.3) is 5.91 Å². The van der Waals surface area contributed by atoms with Gasteiger partial charge in [-0.2, -0.15) is 14.7 Å². The Morgan fingerprint density at radius 3 is 2.81 bits per heavy atom. The van der Waals surface area contributed by atoms with Crippen LogP contribution in [0.5, 0.6) is 0 Å². The van der Waals surface area contributed by atoms with Crippen molar-refractivity contribution in [3.8, 4) is 17.2 Å². The predicted molar refractivity (Wildman–Crippen MR) is 114 cm³/mol. The quantitative estimate of drug-likeness (QED) is 0.568. The summed E-state index contributed by atoms with van der Waals surface area (Å²) in [5.41, 5.74) is 6.91. The molecular formula is C20H23N7O3S. The van der Waals surface area contributed by atoms with Crippen LogP contribution in [-0.4, -0.2) is 56.7 Å². The van der Waals surface area contributed by atoms with Gasteiger partial charge < -0.3 is 10.7 Å². The molecule has 1 aliphatic rings. The molecule has 0 radical (unpaired) electrons. The van der Waals surface area contributed by atoms with Gasteiger partial charge in [0.2, 0.25) is 10.0 Å². The van der Waals surface area contributed by atoms with E-state index in [4.69, 9.17) is 5.73 Å². The molecule has 0 bridgehead atoms. The molecule has 10 nitrogen and oxygen atoms in total. The molecule has 3 aromatic heterocycles. The molecule has 4 rings (SSSR count). The van der Waals surface area contributed by atoms with Gasteiger partial charge in [-0.05, 0) is 19.4 Å². The van der Waals surface area contributed by atoms with Crippen molar-refractivity contribution in [1.82, 2.24) is 24.1 Å². The maximum absolute atomic E-state index is 12.7. The number of amides is 1. The highest BCUT2D eigenvalue weighted by molar-refractivity contribution is 7.89. The lowest BCUT2D eigenvalue weighted by atomic mass is 9.89. The largest absolute Gasteiger partial charge is 0.366 e. The van der Waals surface area contributed by atoms with Gasteiger partial charge in [0.05, 0.1) is 29.5 Å². The number of carbonyl (C=O) groups is 1. The first-order valence-corrected chi connectivity index (χ1v) is 11.4. The lowest BCUT2D eigenvalue weighted by Gasteiger charge is -2.48. The standard InChI is InChI=1S/C20H23N7O3S/c1-3-13(2)31(29,30)26-11-20(12-26,5-6-21)27-10-14(8-25-27)17-15-4-7-23-19(15)24-9-16(17)18(22)28/h4,7-10,13H,3,5,11-12H2,1-2H3,(H2,22,28)(H,23,24)/t13-/m0/s1. The predicted octanol–water partition coefficient (Wildman–Crippen LogP) is 1.58. The molecule has 1 atom stereocenters. The van der Waals surface area contributed by atoms with Gasteiger partial charge in [-0.1, -0.05) is 6.92 Å². The van der Waals surface area contributed by atoms with E-state index < -0.39 is 26.7 Å². The topological polar surface area (TPSA) is 151 Å². The number of hydrogen-bond acceptors (Lipinski definition) is 6. The molecule has 3 aromatic rings. The van der Waals surface area contributed by atoms with Gasteiger partial charge in [0.1, 0.15) is 11.2 Å². The number of rotatable bonds is 7. The van der Waals surface area contributed by atoms with Crippen molar-refractivity contribution in [3.05, 3.63) is 36.4 Å². The molecule has 162 valence electrons. The van der Waals surface area contributed by atoms with Crippen LogP contribution in [-0.2, 0) is 15.6 Å². The Balaban J connectivity index is 1.73. The Morgan fingerprint density at radius 2 is 2.16 bits per heavy atom. The zero-order valence-electron chi connectivity index (χ0n) is 17.2. The Kier molecular flexibility index (Phi) is 5.07. The lowest BCUT2D eigenvalue weighted by molar-refractivity contribution is 0.0709. The third-order valence-corrected chi connectivity index (χ3v) is 8.33. The van der Waals surface area contributed by atoms with E-state index in [1.807, 2.05) is 6.92 Å². The van der Waals surface area contributed by atoms with Crippen LogP contribution in [0.4, 0.5) is 0 Å². The Labute approximate surface area is 179 Å². The SMILES string of the molecule is CC[C@H](C)S(=O)(=O)N1CC(CC#N)(n2cc(-c3c(C(N)=O)cnc4[nH]ccc34)cn2)C1. The van der Waals surface area contributed by atoms with Crippen molar-refractivity contribution in [2.24, 2.45) is 5.73 Å². The number of fused-ring (bicyclic) bond motifs is 1. The summed E-state index contributed by atoms with van der Waals surface area (Å²) in [7, 11) is -3.43. The van der Waals surface area contributed by atoms with E-state index in [0.29, 0.717) is 23.2 Å². The van der Waals surface area contributed by atoms with Crippen LogP contribution in [0.25, 0.3) is 22.2 Å². The van der Waals surface area contributed by atoms with Crippen LogP contribution in [0.2, 0.25) is 0 Å². The van der Waals surface area contributed by atoms with E-state index in [-0.39, 0.29) is 25.1 Å². The van der Waals surface area contributed by atoms with Crippen molar-refractivity contribution < 1.29 is 13.2 Å². The van der Waals surface area contributed by atoms with Gasteiger partial charge in [-0.25, -0.2) is 13.4 Å². The van der Waals surface area contributed by atoms with E-state index in [0.717, 1.165) is 5.39 Å². The zero-order chi connectivity index (χ0) is 22.4. The number of carbonyl (C=O) groups excluding carboxylic acids is 1. The summed E-state index contributed by atoms with van der Waals surface area (Å²) >= 11 is 0. The van der Waals surface area contributed by atoms with E-state index in [9.17, 15) is 18.5 Å². The first-order valence-electron chi connectivity index (χ1n) is 9.91. The maximum Gasteiger partial charge on any atom is 0.250 e. The fraction of sp³-hybridized carbons (Fsp3) is 0.400. The van der Waals surface area contributed by atoms with Crippen LogP contribution >= 0.6 is 0 Å². The lowest BCUT2D eigenvalue weighted by Crippen LogP contribution is -2.65. The number of nitriles is 1. The number of hydrogen-bond donors (Lipinski definition) is 2. The summed E-state index contributed by atoms with van der Waals surface area (Å²) in [6.45, 7) is 3.86. The van der Waals surface area contributed by atoms with E-state index in [2.05, 4.69) is 21.1 Å². The van der Waals surface area contributed by atoms with Crippen LogP contribution in [0.1, 0.15) is 37.0 Å². The Hall–Kier alpha value is -3.23. The molecule has 1 fully saturated rings. The van der Waals surface area contributed by atoms with Gasteiger partial charge in [0, 0.05) is 48.2 Å². The molecule has 0 unspecified atom stereocenters. The number of nitrogens with one attached hydrogen (secondary N) is 1. The highest BCUT2D eigenvalue weighted by atomic mass is 32.2.